The first-order chi connectivity index (χ1) is 13.6. The van der Waals surface area contributed by atoms with Crippen LogP contribution in [0, 0.1) is 5.82 Å². The summed E-state index contributed by atoms with van der Waals surface area (Å²) in [5.41, 5.74) is 1.82. The van der Waals surface area contributed by atoms with Crippen LogP contribution in [0.3, 0.4) is 0 Å². The van der Waals surface area contributed by atoms with Gasteiger partial charge in [-0.05, 0) is 36.2 Å². The number of methoxy groups -OCH3 is 1. The number of ether oxygens (including phenoxy) is 1. The minimum absolute atomic E-state index is 0.0889. The second kappa shape index (κ2) is 9.36. The Kier molecular flexibility index (Phi) is 6.65. The molecule has 1 N–H and O–H groups in total. The zero-order chi connectivity index (χ0) is 19.9. The van der Waals surface area contributed by atoms with Gasteiger partial charge in [0.15, 0.2) is 11.0 Å². The lowest BCUT2D eigenvalue weighted by atomic mass is 10.1. The van der Waals surface area contributed by atoms with E-state index < -0.39 is 0 Å². The average molecular weight is 400 g/mol. The molecule has 1 aromatic heterocycles. The Hall–Kier alpha value is -2.87. The number of para-hydroxylation sites is 1. The highest BCUT2D eigenvalue weighted by atomic mass is 32.2. The van der Waals surface area contributed by atoms with Crippen molar-refractivity contribution in [3.63, 3.8) is 0 Å². The highest BCUT2D eigenvalue weighted by Gasteiger charge is 2.15. The van der Waals surface area contributed by atoms with Gasteiger partial charge in [-0.2, -0.15) is 0 Å². The van der Waals surface area contributed by atoms with Crippen molar-refractivity contribution in [3.8, 4) is 17.1 Å². The molecule has 146 valence electrons. The first kappa shape index (κ1) is 19.9. The monoisotopic (exact) mass is 400 g/mol. The van der Waals surface area contributed by atoms with Crippen LogP contribution in [-0.2, 0) is 18.3 Å². The second-order valence-corrected chi connectivity index (χ2v) is 7.02. The summed E-state index contributed by atoms with van der Waals surface area (Å²) in [5, 5.41) is 11.9. The molecule has 0 saturated heterocycles. The highest BCUT2D eigenvalue weighted by Crippen LogP contribution is 2.29. The maximum Gasteiger partial charge on any atom is 0.230 e. The molecule has 2 aromatic carbocycles. The first-order valence-corrected chi connectivity index (χ1v) is 9.73. The molecule has 0 atom stereocenters. The molecule has 0 saturated carbocycles. The summed E-state index contributed by atoms with van der Waals surface area (Å²) in [6.45, 7) is 0.496. The molecule has 0 fully saturated rings. The number of carbonyl (C=O) groups is 1. The third kappa shape index (κ3) is 4.89. The lowest BCUT2D eigenvalue weighted by Gasteiger charge is -2.08. The van der Waals surface area contributed by atoms with Gasteiger partial charge < -0.3 is 14.6 Å². The first-order valence-electron chi connectivity index (χ1n) is 8.75. The number of hydrogen-bond donors (Lipinski definition) is 1. The molecular weight excluding hydrogens is 379 g/mol. The largest absolute Gasteiger partial charge is 0.496 e. The third-order valence-corrected chi connectivity index (χ3v) is 5.18. The summed E-state index contributed by atoms with van der Waals surface area (Å²) < 4.78 is 20.1. The Balaban J connectivity index is 1.52. The standard InChI is InChI=1S/C20H21FN4O2S/c1-25-19(16-5-3-4-6-17(16)27-2)23-24-20(25)28-13-18(26)22-12-11-14-7-9-15(21)10-8-14/h3-10H,11-13H2,1-2H3,(H,22,26). The SMILES string of the molecule is COc1ccccc1-c1nnc(SCC(=O)NCCc2ccc(F)cc2)n1C. The van der Waals surface area contributed by atoms with Gasteiger partial charge in [-0.1, -0.05) is 36.0 Å². The zero-order valence-electron chi connectivity index (χ0n) is 15.7. The van der Waals surface area contributed by atoms with Gasteiger partial charge in [0.1, 0.15) is 11.6 Å². The van der Waals surface area contributed by atoms with Crippen LogP contribution in [0.15, 0.2) is 53.7 Å². The number of rotatable bonds is 8. The lowest BCUT2D eigenvalue weighted by molar-refractivity contribution is -0.118. The molecule has 3 aromatic rings. The molecule has 1 heterocycles. The molecular formula is C20H21FN4O2S. The number of amides is 1. The van der Waals surface area contributed by atoms with Gasteiger partial charge in [-0.15, -0.1) is 10.2 Å². The molecule has 8 heteroatoms. The third-order valence-electron chi connectivity index (χ3n) is 4.16. The van der Waals surface area contributed by atoms with Crippen molar-refractivity contribution < 1.29 is 13.9 Å². The maximum atomic E-state index is 12.9. The molecule has 28 heavy (non-hydrogen) atoms. The van der Waals surface area contributed by atoms with Crippen LogP contribution in [0.2, 0.25) is 0 Å². The van der Waals surface area contributed by atoms with E-state index in [4.69, 9.17) is 4.74 Å². The fourth-order valence-corrected chi connectivity index (χ4v) is 3.42. The number of nitrogens with one attached hydrogen (secondary N) is 1. The average Bonchev–Trinajstić information content (AvgIpc) is 3.08. The van der Waals surface area contributed by atoms with E-state index in [1.165, 1.54) is 23.9 Å². The van der Waals surface area contributed by atoms with E-state index in [9.17, 15) is 9.18 Å². The summed E-state index contributed by atoms with van der Waals surface area (Å²) in [7, 11) is 3.47. The predicted octanol–water partition coefficient (Wildman–Crippen LogP) is 3.08. The molecule has 0 radical (unpaired) electrons. The molecule has 0 aliphatic carbocycles. The van der Waals surface area contributed by atoms with Crippen LogP contribution in [-0.4, -0.2) is 40.1 Å². The fraction of sp³-hybridized carbons (Fsp3) is 0.250. The Morgan fingerprint density at radius 1 is 1.18 bits per heavy atom. The van der Waals surface area contributed by atoms with E-state index in [0.717, 1.165) is 11.1 Å². The number of carbonyl (C=O) groups excluding carboxylic acids is 1. The molecule has 3 rings (SSSR count). The molecule has 0 spiro atoms. The van der Waals surface area contributed by atoms with Crippen molar-refractivity contribution in [2.75, 3.05) is 19.4 Å². The van der Waals surface area contributed by atoms with Crippen LogP contribution < -0.4 is 10.1 Å². The number of hydrogen-bond acceptors (Lipinski definition) is 5. The summed E-state index contributed by atoms with van der Waals surface area (Å²) in [6.07, 6.45) is 0.651. The van der Waals surface area contributed by atoms with Crippen LogP contribution in [0.5, 0.6) is 5.75 Å². The Morgan fingerprint density at radius 2 is 1.93 bits per heavy atom. The molecule has 0 aliphatic heterocycles. The van der Waals surface area contributed by atoms with Crippen LogP contribution in [0.4, 0.5) is 4.39 Å². The minimum atomic E-state index is -0.264. The molecule has 0 unspecified atom stereocenters. The molecule has 0 bridgehead atoms. The van der Waals surface area contributed by atoms with Gasteiger partial charge in [-0.25, -0.2) is 4.39 Å². The van der Waals surface area contributed by atoms with Gasteiger partial charge in [0.2, 0.25) is 5.91 Å². The van der Waals surface area contributed by atoms with Gasteiger partial charge >= 0.3 is 0 Å². The lowest BCUT2D eigenvalue weighted by Crippen LogP contribution is -2.27. The number of thioether (sulfide) groups is 1. The van der Waals surface area contributed by atoms with Crippen molar-refractivity contribution in [1.29, 1.82) is 0 Å². The maximum absolute atomic E-state index is 12.9. The van der Waals surface area contributed by atoms with E-state index in [1.807, 2.05) is 35.9 Å². The summed E-state index contributed by atoms with van der Waals surface area (Å²) in [6, 6.07) is 13.9. The van der Waals surface area contributed by atoms with Crippen LogP contribution in [0.1, 0.15) is 5.56 Å². The van der Waals surface area contributed by atoms with Gasteiger partial charge in [0.05, 0.1) is 18.4 Å². The number of halogens is 1. The summed E-state index contributed by atoms with van der Waals surface area (Å²) in [4.78, 5) is 12.1. The summed E-state index contributed by atoms with van der Waals surface area (Å²) >= 11 is 1.32. The van der Waals surface area contributed by atoms with Gasteiger partial charge in [-0.3, -0.25) is 4.79 Å². The Morgan fingerprint density at radius 3 is 2.68 bits per heavy atom. The van der Waals surface area contributed by atoms with E-state index in [2.05, 4.69) is 15.5 Å². The number of benzene rings is 2. The molecule has 6 nitrogen and oxygen atoms in total. The predicted molar refractivity (Wildman–Crippen MR) is 107 cm³/mol. The smallest absolute Gasteiger partial charge is 0.230 e. The van der Waals surface area contributed by atoms with Crippen LogP contribution in [0.25, 0.3) is 11.4 Å². The van der Waals surface area contributed by atoms with Crippen molar-refractivity contribution in [2.45, 2.75) is 11.6 Å². The minimum Gasteiger partial charge on any atom is -0.496 e. The quantitative estimate of drug-likeness (QED) is 0.589. The zero-order valence-corrected chi connectivity index (χ0v) is 16.5. The van der Waals surface area contributed by atoms with Crippen molar-refractivity contribution in [1.82, 2.24) is 20.1 Å². The second-order valence-electron chi connectivity index (χ2n) is 6.08. The van der Waals surface area contributed by atoms with E-state index in [0.29, 0.717) is 29.7 Å². The highest BCUT2D eigenvalue weighted by molar-refractivity contribution is 7.99. The van der Waals surface area contributed by atoms with Crippen molar-refractivity contribution >= 4 is 17.7 Å². The van der Waals surface area contributed by atoms with Crippen molar-refractivity contribution in [2.24, 2.45) is 7.05 Å². The molecule has 0 aliphatic rings. The van der Waals surface area contributed by atoms with Crippen molar-refractivity contribution in [3.05, 3.63) is 59.9 Å². The normalized spacial score (nSPS) is 10.7. The topological polar surface area (TPSA) is 69.0 Å². The number of aromatic nitrogens is 3. The van der Waals surface area contributed by atoms with E-state index >= 15 is 0 Å². The van der Waals surface area contributed by atoms with E-state index in [-0.39, 0.29) is 17.5 Å². The van der Waals surface area contributed by atoms with E-state index in [1.54, 1.807) is 19.2 Å². The Labute approximate surface area is 167 Å². The number of nitrogens with zero attached hydrogens (tertiary/aromatic N) is 3. The summed E-state index contributed by atoms with van der Waals surface area (Å²) in [5.74, 6) is 1.28. The van der Waals surface area contributed by atoms with Gasteiger partial charge in [0, 0.05) is 13.6 Å². The van der Waals surface area contributed by atoms with Crippen LogP contribution >= 0.6 is 11.8 Å². The van der Waals surface area contributed by atoms with Gasteiger partial charge in [0.25, 0.3) is 0 Å². The molecule has 1 amide bonds. The Bertz CT molecular complexity index is 944. The fourth-order valence-electron chi connectivity index (χ4n) is 2.68.